The maximum Gasteiger partial charge on any atom is 0.106 e. The molecule has 1 aliphatic rings. The molecular weight excluding hydrogens is 304 g/mol. The number of benzene rings is 2. The molecule has 0 amide bonds. The summed E-state index contributed by atoms with van der Waals surface area (Å²) in [6.45, 7) is 10.2. The molecule has 0 aromatic heterocycles. The van der Waals surface area contributed by atoms with E-state index in [0.29, 0.717) is 17.9 Å². The molecular formula is C23H30N2. The van der Waals surface area contributed by atoms with Crippen LogP contribution in [0.25, 0.3) is 0 Å². The monoisotopic (exact) mass is 334 g/mol. The topological polar surface area (TPSA) is 15.6 Å². The average molecular weight is 335 g/mol. The lowest BCUT2D eigenvalue weighted by molar-refractivity contribution is 0.276. The molecule has 2 heteroatoms. The van der Waals surface area contributed by atoms with Crippen molar-refractivity contribution >= 4 is 11.5 Å². The average Bonchev–Trinajstić information content (AvgIpc) is 2.72. The zero-order chi connectivity index (χ0) is 17.8. The minimum atomic E-state index is 0.352. The Hall–Kier alpha value is -2.09. The van der Waals surface area contributed by atoms with E-state index in [1.165, 1.54) is 17.0 Å². The maximum absolute atomic E-state index is 5.13. The predicted octanol–water partition coefficient (Wildman–Crippen LogP) is 6.02. The summed E-state index contributed by atoms with van der Waals surface area (Å²) in [6, 6.07) is 19.9. The van der Waals surface area contributed by atoms with Crippen LogP contribution in [0.4, 0.5) is 5.69 Å². The summed E-state index contributed by atoms with van der Waals surface area (Å²) in [5.74, 6) is 2.43. The van der Waals surface area contributed by atoms with Crippen molar-refractivity contribution in [2.24, 2.45) is 16.8 Å². The Morgan fingerprint density at radius 2 is 1.60 bits per heavy atom. The standard InChI is InChI=1S/C23H30N2/c1-17(2)14-23-24-21-13-9-8-12-20(21)15-22(25(23)16-18(3)4)19-10-6-5-7-11-19/h5-13,17-18,22H,14-16H2,1-4H3. The van der Waals surface area contributed by atoms with Gasteiger partial charge in [0.15, 0.2) is 0 Å². The van der Waals surface area contributed by atoms with Crippen molar-refractivity contribution in [3.8, 4) is 0 Å². The first-order valence-electron chi connectivity index (χ1n) is 9.51. The number of hydrogen-bond donors (Lipinski definition) is 0. The van der Waals surface area contributed by atoms with Gasteiger partial charge in [-0.1, -0.05) is 76.2 Å². The fraction of sp³-hybridized carbons (Fsp3) is 0.435. The highest BCUT2D eigenvalue weighted by Gasteiger charge is 2.28. The van der Waals surface area contributed by atoms with Crippen LogP contribution in [0.15, 0.2) is 59.6 Å². The molecule has 1 heterocycles. The summed E-state index contributed by atoms with van der Waals surface area (Å²) in [6.07, 6.45) is 2.03. The van der Waals surface area contributed by atoms with Crippen LogP contribution in [-0.4, -0.2) is 17.3 Å². The molecule has 1 unspecified atom stereocenters. The second-order valence-corrected chi connectivity index (χ2v) is 7.93. The zero-order valence-corrected chi connectivity index (χ0v) is 15.9. The third-order valence-corrected chi connectivity index (χ3v) is 4.70. The quantitative estimate of drug-likeness (QED) is 0.653. The van der Waals surface area contributed by atoms with Gasteiger partial charge in [0, 0.05) is 13.0 Å². The number of para-hydroxylation sites is 1. The Bertz CT molecular complexity index is 716. The van der Waals surface area contributed by atoms with Crippen molar-refractivity contribution in [2.75, 3.05) is 6.54 Å². The van der Waals surface area contributed by atoms with E-state index in [1.807, 2.05) is 0 Å². The molecule has 2 aromatic rings. The third-order valence-electron chi connectivity index (χ3n) is 4.70. The van der Waals surface area contributed by atoms with Crippen LogP contribution in [-0.2, 0) is 6.42 Å². The summed E-state index contributed by atoms with van der Waals surface area (Å²) < 4.78 is 0. The first-order chi connectivity index (χ1) is 12.0. The van der Waals surface area contributed by atoms with Crippen molar-refractivity contribution < 1.29 is 0 Å². The van der Waals surface area contributed by atoms with Gasteiger partial charge in [-0.05, 0) is 35.4 Å². The van der Waals surface area contributed by atoms with Crippen molar-refractivity contribution in [1.82, 2.24) is 4.90 Å². The molecule has 0 saturated carbocycles. The fourth-order valence-electron chi connectivity index (χ4n) is 3.62. The highest BCUT2D eigenvalue weighted by atomic mass is 15.2. The summed E-state index contributed by atoms with van der Waals surface area (Å²) in [5.41, 5.74) is 3.88. The van der Waals surface area contributed by atoms with Crippen molar-refractivity contribution in [3.05, 3.63) is 65.7 Å². The summed E-state index contributed by atoms with van der Waals surface area (Å²) in [7, 11) is 0. The SMILES string of the molecule is CC(C)CC1=Nc2ccccc2CC(c2ccccc2)N1CC(C)C. The lowest BCUT2D eigenvalue weighted by Crippen LogP contribution is -2.38. The van der Waals surface area contributed by atoms with Crippen molar-refractivity contribution in [2.45, 2.75) is 46.6 Å². The zero-order valence-electron chi connectivity index (χ0n) is 15.9. The first-order valence-corrected chi connectivity index (χ1v) is 9.51. The van der Waals surface area contributed by atoms with Crippen molar-refractivity contribution in [1.29, 1.82) is 0 Å². The Morgan fingerprint density at radius 3 is 2.28 bits per heavy atom. The van der Waals surface area contributed by atoms with Gasteiger partial charge in [-0.2, -0.15) is 0 Å². The summed E-state index contributed by atoms with van der Waals surface area (Å²) in [4.78, 5) is 7.70. The van der Waals surface area contributed by atoms with E-state index in [2.05, 4.69) is 87.2 Å². The molecule has 0 saturated heterocycles. The molecule has 0 N–H and O–H groups in total. The molecule has 132 valence electrons. The number of fused-ring (bicyclic) bond motifs is 1. The Kier molecular flexibility index (Phi) is 5.57. The van der Waals surface area contributed by atoms with E-state index in [0.717, 1.165) is 25.1 Å². The molecule has 2 aromatic carbocycles. The number of aliphatic imine (C=N–C) groups is 1. The smallest absolute Gasteiger partial charge is 0.106 e. The van der Waals surface area contributed by atoms with Crippen molar-refractivity contribution in [3.63, 3.8) is 0 Å². The van der Waals surface area contributed by atoms with Crippen LogP contribution in [0.3, 0.4) is 0 Å². The summed E-state index contributed by atoms with van der Waals surface area (Å²) in [5, 5.41) is 0. The molecule has 0 bridgehead atoms. The molecule has 0 aliphatic carbocycles. The van der Waals surface area contributed by atoms with Crippen LogP contribution < -0.4 is 0 Å². The van der Waals surface area contributed by atoms with Gasteiger partial charge in [0.2, 0.25) is 0 Å². The van der Waals surface area contributed by atoms with Gasteiger partial charge in [-0.25, -0.2) is 4.99 Å². The van der Waals surface area contributed by atoms with Gasteiger partial charge in [-0.3, -0.25) is 0 Å². The number of hydrogen-bond acceptors (Lipinski definition) is 2. The van der Waals surface area contributed by atoms with Gasteiger partial charge in [-0.15, -0.1) is 0 Å². The van der Waals surface area contributed by atoms with E-state index in [4.69, 9.17) is 4.99 Å². The molecule has 1 atom stereocenters. The number of nitrogens with zero attached hydrogens (tertiary/aromatic N) is 2. The predicted molar refractivity (Wildman–Crippen MR) is 107 cm³/mol. The van der Waals surface area contributed by atoms with Gasteiger partial charge in [0.25, 0.3) is 0 Å². The minimum absolute atomic E-state index is 0.352. The Balaban J connectivity index is 2.10. The molecule has 0 radical (unpaired) electrons. The van der Waals surface area contributed by atoms with E-state index in [1.54, 1.807) is 0 Å². The molecule has 0 fully saturated rings. The van der Waals surface area contributed by atoms with Crippen LogP contribution >= 0.6 is 0 Å². The summed E-state index contributed by atoms with van der Waals surface area (Å²) >= 11 is 0. The lowest BCUT2D eigenvalue weighted by Gasteiger charge is -2.35. The molecule has 2 nitrogen and oxygen atoms in total. The van der Waals surface area contributed by atoms with E-state index >= 15 is 0 Å². The van der Waals surface area contributed by atoms with Crippen LogP contribution in [0, 0.1) is 11.8 Å². The Morgan fingerprint density at radius 1 is 0.920 bits per heavy atom. The third kappa shape index (κ3) is 4.31. The lowest BCUT2D eigenvalue weighted by atomic mass is 9.95. The molecule has 25 heavy (non-hydrogen) atoms. The molecule has 3 rings (SSSR count). The number of amidine groups is 1. The van der Waals surface area contributed by atoms with Gasteiger partial charge in [0.1, 0.15) is 5.84 Å². The highest BCUT2D eigenvalue weighted by Crippen LogP contribution is 2.35. The fourth-order valence-corrected chi connectivity index (χ4v) is 3.62. The van der Waals surface area contributed by atoms with Crippen LogP contribution in [0.5, 0.6) is 0 Å². The molecule has 0 spiro atoms. The van der Waals surface area contributed by atoms with Crippen LogP contribution in [0.1, 0.15) is 51.3 Å². The largest absolute Gasteiger partial charge is 0.352 e. The molecule has 1 aliphatic heterocycles. The van der Waals surface area contributed by atoms with E-state index < -0.39 is 0 Å². The second kappa shape index (κ2) is 7.86. The highest BCUT2D eigenvalue weighted by molar-refractivity contribution is 5.86. The van der Waals surface area contributed by atoms with Crippen LogP contribution in [0.2, 0.25) is 0 Å². The first kappa shape index (κ1) is 17.7. The van der Waals surface area contributed by atoms with Gasteiger partial charge in [0.05, 0.1) is 11.7 Å². The minimum Gasteiger partial charge on any atom is -0.352 e. The number of rotatable bonds is 5. The van der Waals surface area contributed by atoms with E-state index in [9.17, 15) is 0 Å². The van der Waals surface area contributed by atoms with E-state index in [-0.39, 0.29) is 0 Å². The Labute approximate surface area is 152 Å². The second-order valence-electron chi connectivity index (χ2n) is 7.93. The maximum atomic E-state index is 5.13. The van der Waals surface area contributed by atoms with Gasteiger partial charge >= 0.3 is 0 Å². The normalized spacial score (nSPS) is 17.4. The van der Waals surface area contributed by atoms with Gasteiger partial charge < -0.3 is 4.90 Å².